The van der Waals surface area contributed by atoms with Gasteiger partial charge in [-0.25, -0.2) is 0 Å². The molecule has 3 heteroatoms. The molecule has 3 nitrogen and oxygen atoms in total. The molecule has 1 atom stereocenters. The van der Waals surface area contributed by atoms with E-state index in [0.29, 0.717) is 5.92 Å². The average Bonchev–Trinajstić information content (AvgIpc) is 2.05. The lowest BCUT2D eigenvalue weighted by Gasteiger charge is -2.13. The third-order valence-corrected chi connectivity index (χ3v) is 2.03. The number of carbonyl (C=O) groups excluding carboxylic acids is 1. The molecule has 0 unspecified atom stereocenters. The van der Waals surface area contributed by atoms with Crippen molar-refractivity contribution >= 4 is 5.91 Å². The van der Waals surface area contributed by atoms with Crippen LogP contribution in [0.4, 0.5) is 0 Å². The first-order chi connectivity index (χ1) is 5.70. The van der Waals surface area contributed by atoms with Gasteiger partial charge in [0.05, 0.1) is 0 Å². The van der Waals surface area contributed by atoms with Gasteiger partial charge in [-0.2, -0.15) is 0 Å². The fourth-order valence-electron chi connectivity index (χ4n) is 1.15. The average molecular weight is 174 g/mol. The highest BCUT2D eigenvalue weighted by Crippen LogP contribution is 2.08. The van der Waals surface area contributed by atoms with Crippen molar-refractivity contribution in [3.63, 3.8) is 0 Å². The molecule has 0 aromatic rings. The zero-order chi connectivity index (χ0) is 9.40. The second-order valence-corrected chi connectivity index (χ2v) is 3.14. The van der Waals surface area contributed by atoms with Gasteiger partial charge >= 0.3 is 0 Å². The molecule has 12 heavy (non-hydrogen) atoms. The van der Waals surface area contributed by atoms with Gasteiger partial charge in [0.2, 0.25) is 5.91 Å². The maximum atomic E-state index is 10.6. The lowest BCUT2D eigenvalue weighted by Crippen LogP contribution is -2.27. The smallest absolute Gasteiger partial charge is 0.216 e. The van der Waals surface area contributed by atoms with Crippen LogP contribution in [0.5, 0.6) is 0 Å². The highest BCUT2D eigenvalue weighted by molar-refractivity contribution is 5.72. The molecule has 0 aliphatic heterocycles. The van der Waals surface area contributed by atoms with E-state index < -0.39 is 0 Å². The Bertz CT molecular complexity index is 131. The van der Waals surface area contributed by atoms with E-state index in [2.05, 4.69) is 12.2 Å². The third kappa shape index (κ3) is 6.16. The topological polar surface area (TPSA) is 55.1 Å². The molecule has 0 radical (unpaired) electrons. The van der Waals surface area contributed by atoms with Crippen LogP contribution in [-0.4, -0.2) is 19.0 Å². The normalized spacial score (nSPS) is 12.6. The minimum Gasteiger partial charge on any atom is -0.356 e. The van der Waals surface area contributed by atoms with Crippen LogP contribution in [0, 0.1) is 5.92 Å². The van der Waals surface area contributed by atoms with E-state index in [4.69, 9.17) is 5.73 Å². The molecule has 3 N–H and O–H groups in total. The number of nitrogens with one attached hydrogen (secondary N) is 1. The van der Waals surface area contributed by atoms with Crippen molar-refractivity contribution in [2.75, 3.05) is 13.1 Å². The summed E-state index contributed by atoms with van der Waals surface area (Å²) in [6.07, 6.45) is 3.28. The van der Waals surface area contributed by atoms with Crippen LogP contribution in [0.15, 0.2) is 0 Å². The summed E-state index contributed by atoms with van der Waals surface area (Å²) in [7, 11) is 0. The van der Waals surface area contributed by atoms with Crippen molar-refractivity contribution in [2.24, 2.45) is 11.7 Å². The molecule has 0 saturated heterocycles. The summed E-state index contributed by atoms with van der Waals surface area (Å²) < 4.78 is 0. The predicted octanol–water partition coefficient (Wildman–Crippen LogP) is 1.13. The molecule has 0 aromatic heterocycles. The lowest BCUT2D eigenvalue weighted by atomic mass is 10.0. The standard InChI is InChI=1S/C9H20N2O.H2/c1-3-9(5-4-6-10)7-11-8(2)12;/h9H,3-7,10H2,1-2H3,(H,11,12);1H/t9-;/m0./s1. The van der Waals surface area contributed by atoms with Crippen LogP contribution >= 0.6 is 0 Å². The van der Waals surface area contributed by atoms with Crippen LogP contribution in [0.3, 0.4) is 0 Å². The Morgan fingerprint density at radius 3 is 2.75 bits per heavy atom. The molecule has 1 amide bonds. The zero-order valence-electron chi connectivity index (χ0n) is 8.10. The quantitative estimate of drug-likeness (QED) is 0.634. The van der Waals surface area contributed by atoms with E-state index in [9.17, 15) is 4.79 Å². The second-order valence-electron chi connectivity index (χ2n) is 3.14. The summed E-state index contributed by atoms with van der Waals surface area (Å²) in [5.74, 6) is 0.652. The Hall–Kier alpha value is -0.570. The fraction of sp³-hybridized carbons (Fsp3) is 0.889. The van der Waals surface area contributed by atoms with Gasteiger partial charge in [-0.05, 0) is 25.3 Å². The van der Waals surface area contributed by atoms with E-state index in [-0.39, 0.29) is 7.33 Å². The number of hydrogen-bond donors (Lipinski definition) is 2. The summed E-state index contributed by atoms with van der Waals surface area (Å²) in [5.41, 5.74) is 5.40. The Labute approximate surface area is 76.2 Å². The zero-order valence-corrected chi connectivity index (χ0v) is 8.10. The monoisotopic (exact) mass is 174 g/mol. The largest absolute Gasteiger partial charge is 0.356 e. The van der Waals surface area contributed by atoms with E-state index in [1.54, 1.807) is 6.92 Å². The number of amides is 1. The van der Waals surface area contributed by atoms with Gasteiger partial charge in [-0.15, -0.1) is 0 Å². The number of hydrogen-bond acceptors (Lipinski definition) is 2. The van der Waals surface area contributed by atoms with Crippen molar-refractivity contribution in [1.29, 1.82) is 0 Å². The molecule has 0 bridgehead atoms. The van der Waals surface area contributed by atoms with E-state index in [1.165, 1.54) is 0 Å². The molecule has 0 rings (SSSR count). The molecule has 0 aliphatic rings. The number of rotatable bonds is 6. The van der Waals surface area contributed by atoms with Gasteiger partial charge in [-0.3, -0.25) is 4.79 Å². The van der Waals surface area contributed by atoms with Crippen molar-refractivity contribution in [2.45, 2.75) is 33.1 Å². The van der Waals surface area contributed by atoms with Crippen molar-refractivity contribution in [3.8, 4) is 0 Å². The summed E-state index contributed by atoms with van der Waals surface area (Å²) in [5, 5.41) is 2.83. The first-order valence-electron chi connectivity index (χ1n) is 4.65. The Morgan fingerprint density at radius 1 is 1.67 bits per heavy atom. The van der Waals surface area contributed by atoms with Crippen molar-refractivity contribution in [3.05, 3.63) is 0 Å². The lowest BCUT2D eigenvalue weighted by molar-refractivity contribution is -0.119. The van der Waals surface area contributed by atoms with Crippen LogP contribution in [0.25, 0.3) is 0 Å². The number of nitrogens with two attached hydrogens (primary N) is 1. The minimum atomic E-state index is 0. The molecular formula is C9H22N2O. The van der Waals surface area contributed by atoms with Gasteiger partial charge in [0, 0.05) is 14.9 Å². The molecule has 0 aromatic carbocycles. The van der Waals surface area contributed by atoms with Crippen LogP contribution < -0.4 is 11.1 Å². The summed E-state index contributed by atoms with van der Waals surface area (Å²) in [6, 6.07) is 0. The van der Waals surface area contributed by atoms with Gasteiger partial charge in [-0.1, -0.05) is 13.3 Å². The fourth-order valence-corrected chi connectivity index (χ4v) is 1.15. The van der Waals surface area contributed by atoms with Gasteiger partial charge in [0.1, 0.15) is 0 Å². The summed E-state index contributed by atoms with van der Waals surface area (Å²) in [4.78, 5) is 10.6. The Balaban J connectivity index is 0. The second kappa shape index (κ2) is 7.10. The molecule has 0 fully saturated rings. The first-order valence-corrected chi connectivity index (χ1v) is 4.65. The van der Waals surface area contributed by atoms with Gasteiger partial charge in [0.25, 0.3) is 0 Å². The van der Waals surface area contributed by atoms with Crippen LogP contribution in [-0.2, 0) is 4.79 Å². The van der Waals surface area contributed by atoms with Crippen molar-refractivity contribution < 1.29 is 6.22 Å². The van der Waals surface area contributed by atoms with Gasteiger partial charge < -0.3 is 11.1 Å². The van der Waals surface area contributed by atoms with E-state index >= 15 is 0 Å². The molecule has 0 heterocycles. The van der Waals surface area contributed by atoms with Crippen LogP contribution in [0.1, 0.15) is 34.5 Å². The third-order valence-electron chi connectivity index (χ3n) is 2.03. The maximum absolute atomic E-state index is 10.6. The maximum Gasteiger partial charge on any atom is 0.216 e. The van der Waals surface area contributed by atoms with E-state index in [0.717, 1.165) is 32.4 Å². The van der Waals surface area contributed by atoms with Gasteiger partial charge in [0.15, 0.2) is 0 Å². The summed E-state index contributed by atoms with van der Waals surface area (Å²) >= 11 is 0. The Kier molecular flexibility index (Phi) is 6.76. The molecular weight excluding hydrogens is 152 g/mol. The molecule has 0 aliphatic carbocycles. The predicted molar refractivity (Wildman–Crippen MR) is 52.9 cm³/mol. The van der Waals surface area contributed by atoms with Crippen molar-refractivity contribution in [1.82, 2.24) is 5.32 Å². The molecule has 74 valence electrons. The molecule has 0 spiro atoms. The first kappa shape index (κ1) is 11.4. The van der Waals surface area contributed by atoms with Crippen LogP contribution in [0.2, 0.25) is 0 Å². The minimum absolute atomic E-state index is 0. The highest BCUT2D eigenvalue weighted by Gasteiger charge is 2.05. The Morgan fingerprint density at radius 2 is 2.33 bits per heavy atom. The molecule has 0 saturated carbocycles. The highest BCUT2D eigenvalue weighted by atomic mass is 16.1. The number of carbonyl (C=O) groups is 1. The summed E-state index contributed by atoms with van der Waals surface area (Å²) in [6.45, 7) is 5.24. The SMILES string of the molecule is CC[C@@H](CCCN)CNC(C)=O.[HH]. The van der Waals surface area contributed by atoms with E-state index in [1.807, 2.05) is 0 Å².